The monoisotopic (exact) mass is 276 g/mol. The summed E-state index contributed by atoms with van der Waals surface area (Å²) in [6.07, 6.45) is 1.73. The van der Waals surface area contributed by atoms with Crippen molar-refractivity contribution in [3.8, 4) is 0 Å². The first-order chi connectivity index (χ1) is 9.29. The number of aromatic nitrogens is 3. The van der Waals surface area contributed by atoms with Gasteiger partial charge in [-0.3, -0.25) is 9.48 Å². The Morgan fingerprint density at radius 1 is 1.40 bits per heavy atom. The maximum atomic E-state index is 13.3. The predicted octanol–water partition coefficient (Wildman–Crippen LogP) is 1.93. The van der Waals surface area contributed by atoms with Crippen LogP contribution in [-0.4, -0.2) is 20.9 Å². The second-order valence-electron chi connectivity index (χ2n) is 5.32. The van der Waals surface area contributed by atoms with Gasteiger partial charge in [0.05, 0.1) is 11.7 Å². The number of halogens is 1. The summed E-state index contributed by atoms with van der Waals surface area (Å²) in [5.74, 6) is -0.768. The smallest absolute Gasteiger partial charge is 0.252 e. The van der Waals surface area contributed by atoms with Gasteiger partial charge in [-0.15, -0.1) is 5.10 Å². The Labute approximate surface area is 116 Å². The van der Waals surface area contributed by atoms with Gasteiger partial charge in [-0.25, -0.2) is 4.39 Å². The van der Waals surface area contributed by atoms with Gasteiger partial charge in [0.25, 0.3) is 5.91 Å². The summed E-state index contributed by atoms with van der Waals surface area (Å²) in [5.41, 5.74) is 0.993. The molecule has 0 fully saturated rings. The lowest BCUT2D eigenvalue weighted by molar-refractivity contribution is 0.0909. The molecule has 0 aliphatic heterocycles. The van der Waals surface area contributed by atoms with E-state index >= 15 is 0 Å². The summed E-state index contributed by atoms with van der Waals surface area (Å²) < 4.78 is 14.8. The van der Waals surface area contributed by atoms with Crippen molar-refractivity contribution in [2.75, 3.05) is 0 Å². The topological polar surface area (TPSA) is 59.8 Å². The standard InChI is InChI=1S/C14H17FN4O/c1-9-5-6-10(15)7-11(9)13(20)16-14(2,3)12-8-19(4)18-17-12/h5-8H,1-4H3,(H,16,20). The Balaban J connectivity index is 2.24. The lowest BCUT2D eigenvalue weighted by Gasteiger charge is -2.24. The van der Waals surface area contributed by atoms with E-state index in [-0.39, 0.29) is 5.91 Å². The average molecular weight is 276 g/mol. The summed E-state index contributed by atoms with van der Waals surface area (Å²) in [6, 6.07) is 4.15. The number of nitrogens with one attached hydrogen (secondary N) is 1. The molecule has 0 aliphatic carbocycles. The molecule has 0 aliphatic rings. The molecule has 20 heavy (non-hydrogen) atoms. The molecule has 1 amide bonds. The van der Waals surface area contributed by atoms with Gasteiger partial charge < -0.3 is 5.32 Å². The summed E-state index contributed by atoms with van der Waals surface area (Å²) in [6.45, 7) is 5.41. The maximum Gasteiger partial charge on any atom is 0.252 e. The van der Waals surface area contributed by atoms with Crippen molar-refractivity contribution in [1.82, 2.24) is 20.3 Å². The molecule has 1 aromatic carbocycles. The van der Waals surface area contributed by atoms with Gasteiger partial charge in [0.2, 0.25) is 0 Å². The summed E-state index contributed by atoms with van der Waals surface area (Å²) in [4.78, 5) is 12.3. The second kappa shape index (κ2) is 5.03. The van der Waals surface area contributed by atoms with Crippen molar-refractivity contribution in [2.24, 2.45) is 7.05 Å². The van der Waals surface area contributed by atoms with Crippen LogP contribution >= 0.6 is 0 Å². The number of carbonyl (C=O) groups excluding carboxylic acids is 1. The third kappa shape index (κ3) is 2.84. The quantitative estimate of drug-likeness (QED) is 0.931. The number of hydrogen-bond donors (Lipinski definition) is 1. The van der Waals surface area contributed by atoms with Crippen LogP contribution < -0.4 is 5.32 Å². The zero-order valence-corrected chi connectivity index (χ0v) is 11.9. The van der Waals surface area contributed by atoms with Crippen molar-refractivity contribution in [2.45, 2.75) is 26.3 Å². The van der Waals surface area contributed by atoms with E-state index in [0.29, 0.717) is 11.3 Å². The molecule has 5 nitrogen and oxygen atoms in total. The highest BCUT2D eigenvalue weighted by molar-refractivity contribution is 5.96. The fourth-order valence-electron chi connectivity index (χ4n) is 1.89. The van der Waals surface area contributed by atoms with Crippen LogP contribution in [0, 0.1) is 12.7 Å². The summed E-state index contributed by atoms with van der Waals surface area (Å²) in [5, 5.41) is 10.7. The number of nitrogens with zero attached hydrogens (tertiary/aromatic N) is 3. The first-order valence-corrected chi connectivity index (χ1v) is 6.25. The molecule has 1 N–H and O–H groups in total. The fraction of sp³-hybridized carbons (Fsp3) is 0.357. The van der Waals surface area contributed by atoms with Crippen molar-refractivity contribution < 1.29 is 9.18 Å². The van der Waals surface area contributed by atoms with E-state index < -0.39 is 11.4 Å². The minimum Gasteiger partial charge on any atom is -0.341 e. The molecule has 0 radical (unpaired) electrons. The van der Waals surface area contributed by atoms with Gasteiger partial charge >= 0.3 is 0 Å². The number of amides is 1. The van der Waals surface area contributed by atoms with E-state index in [9.17, 15) is 9.18 Å². The molecule has 2 aromatic rings. The van der Waals surface area contributed by atoms with Crippen LogP contribution in [0.5, 0.6) is 0 Å². The number of aryl methyl sites for hydroxylation is 2. The molecule has 6 heteroatoms. The van der Waals surface area contributed by atoms with E-state index in [1.165, 1.54) is 12.1 Å². The number of benzene rings is 1. The Bertz CT molecular complexity index is 648. The highest BCUT2D eigenvalue weighted by Crippen LogP contribution is 2.19. The van der Waals surface area contributed by atoms with Crippen molar-refractivity contribution in [3.63, 3.8) is 0 Å². The minimum atomic E-state index is -0.690. The number of hydrogen-bond acceptors (Lipinski definition) is 3. The lowest BCUT2D eigenvalue weighted by Crippen LogP contribution is -2.41. The molecular weight excluding hydrogens is 259 g/mol. The molecule has 0 spiro atoms. The molecule has 0 unspecified atom stereocenters. The number of carbonyl (C=O) groups is 1. The van der Waals surface area contributed by atoms with Gasteiger partial charge in [-0.05, 0) is 38.5 Å². The largest absolute Gasteiger partial charge is 0.341 e. The molecule has 2 rings (SSSR count). The van der Waals surface area contributed by atoms with Gasteiger partial charge in [0, 0.05) is 12.6 Å². The average Bonchev–Trinajstić information content (AvgIpc) is 2.79. The maximum absolute atomic E-state index is 13.3. The van der Waals surface area contributed by atoms with E-state index in [4.69, 9.17) is 0 Å². The SMILES string of the molecule is Cc1ccc(F)cc1C(=O)NC(C)(C)c1cn(C)nn1. The van der Waals surface area contributed by atoms with Gasteiger partial charge in [-0.1, -0.05) is 11.3 Å². The van der Waals surface area contributed by atoms with Crippen molar-refractivity contribution >= 4 is 5.91 Å². The van der Waals surface area contributed by atoms with Gasteiger partial charge in [-0.2, -0.15) is 0 Å². The molecule has 1 aromatic heterocycles. The Morgan fingerprint density at radius 2 is 2.10 bits per heavy atom. The molecular formula is C14H17FN4O. The first kappa shape index (κ1) is 14.2. The zero-order valence-electron chi connectivity index (χ0n) is 11.9. The second-order valence-corrected chi connectivity index (χ2v) is 5.32. The Morgan fingerprint density at radius 3 is 2.70 bits per heavy atom. The van der Waals surface area contributed by atoms with Crippen LogP contribution in [0.4, 0.5) is 4.39 Å². The molecule has 0 saturated carbocycles. The first-order valence-electron chi connectivity index (χ1n) is 6.25. The van der Waals surface area contributed by atoms with Gasteiger partial charge in [0.15, 0.2) is 0 Å². The Kier molecular flexibility index (Phi) is 3.57. The summed E-state index contributed by atoms with van der Waals surface area (Å²) in [7, 11) is 1.76. The highest BCUT2D eigenvalue weighted by Gasteiger charge is 2.27. The van der Waals surface area contributed by atoms with E-state index in [0.717, 1.165) is 5.56 Å². The number of rotatable bonds is 3. The van der Waals surface area contributed by atoms with E-state index in [1.807, 2.05) is 13.8 Å². The van der Waals surface area contributed by atoms with Crippen LogP contribution in [0.3, 0.4) is 0 Å². The molecule has 0 bridgehead atoms. The molecule has 106 valence electrons. The predicted molar refractivity (Wildman–Crippen MR) is 72.6 cm³/mol. The minimum absolute atomic E-state index is 0.321. The third-order valence-electron chi connectivity index (χ3n) is 3.11. The van der Waals surface area contributed by atoms with Crippen molar-refractivity contribution in [3.05, 3.63) is 47.0 Å². The lowest BCUT2D eigenvalue weighted by atomic mass is 9.99. The highest BCUT2D eigenvalue weighted by atomic mass is 19.1. The van der Waals surface area contributed by atoms with E-state index in [2.05, 4.69) is 15.6 Å². The molecule has 0 saturated heterocycles. The molecule has 0 atom stereocenters. The van der Waals surface area contributed by atoms with Crippen LogP contribution in [0.25, 0.3) is 0 Å². The van der Waals surface area contributed by atoms with Crippen LogP contribution in [0.15, 0.2) is 24.4 Å². The summed E-state index contributed by atoms with van der Waals surface area (Å²) >= 11 is 0. The fourth-order valence-corrected chi connectivity index (χ4v) is 1.89. The van der Waals surface area contributed by atoms with Crippen LogP contribution in [0.2, 0.25) is 0 Å². The van der Waals surface area contributed by atoms with E-state index in [1.54, 1.807) is 30.9 Å². The van der Waals surface area contributed by atoms with Crippen LogP contribution in [-0.2, 0) is 12.6 Å². The Hall–Kier alpha value is -2.24. The molecule has 1 heterocycles. The van der Waals surface area contributed by atoms with Crippen molar-refractivity contribution in [1.29, 1.82) is 0 Å². The van der Waals surface area contributed by atoms with Crippen LogP contribution in [0.1, 0.15) is 35.5 Å². The zero-order chi connectivity index (χ0) is 14.9. The normalized spacial score (nSPS) is 11.4. The van der Waals surface area contributed by atoms with Gasteiger partial charge in [0.1, 0.15) is 11.5 Å². The third-order valence-corrected chi connectivity index (χ3v) is 3.11.